The van der Waals surface area contributed by atoms with Crippen molar-refractivity contribution in [2.45, 2.75) is 6.04 Å². The van der Waals surface area contributed by atoms with E-state index in [0.717, 1.165) is 30.2 Å². The Balaban J connectivity index is 2.16. The summed E-state index contributed by atoms with van der Waals surface area (Å²) in [5, 5.41) is 0. The molecule has 0 aliphatic carbocycles. The van der Waals surface area contributed by atoms with Gasteiger partial charge in [-0.3, -0.25) is 0 Å². The molecule has 1 unspecified atom stereocenters. The average molecular weight is 444 g/mol. The summed E-state index contributed by atoms with van der Waals surface area (Å²) in [6.07, 6.45) is 0. The van der Waals surface area contributed by atoms with Crippen LogP contribution in [0.1, 0.15) is 17.2 Å². The van der Waals surface area contributed by atoms with Crippen molar-refractivity contribution in [2.75, 3.05) is 0 Å². The molecule has 0 spiro atoms. The molecule has 1 aromatic heterocycles. The highest BCUT2D eigenvalue weighted by Gasteiger charge is 2.16. The maximum absolute atomic E-state index is 11.3. The van der Waals surface area contributed by atoms with Crippen LogP contribution >= 0.6 is 38.5 Å². The van der Waals surface area contributed by atoms with Gasteiger partial charge in [0.15, 0.2) is 0 Å². The number of nitrogens with one attached hydrogen (secondary N) is 2. The van der Waals surface area contributed by atoms with Gasteiger partial charge in [-0.25, -0.2) is 4.79 Å². The maximum atomic E-state index is 11.3. The second-order valence-corrected chi connectivity index (χ2v) is 6.51. The minimum Gasteiger partial charge on any atom is -0.320 e. The largest absolute Gasteiger partial charge is 0.323 e. The summed E-state index contributed by atoms with van der Waals surface area (Å²) in [7, 11) is 0. The van der Waals surface area contributed by atoms with E-state index in [4.69, 9.17) is 5.73 Å². The van der Waals surface area contributed by atoms with Gasteiger partial charge >= 0.3 is 5.69 Å². The molecule has 4 nitrogen and oxygen atoms in total. The molecular formula is C14H11BrIN3O. The third-order valence-electron chi connectivity index (χ3n) is 3.21. The summed E-state index contributed by atoms with van der Waals surface area (Å²) in [4.78, 5) is 16.8. The molecule has 0 amide bonds. The van der Waals surface area contributed by atoms with Crippen molar-refractivity contribution in [2.24, 2.45) is 5.73 Å². The molecule has 0 radical (unpaired) electrons. The SMILES string of the molecule is NC(c1cc2[nH]c(=O)[nH]c2cc1Br)c1ccccc1I. The quantitative estimate of drug-likeness (QED) is 0.531. The van der Waals surface area contributed by atoms with Crippen LogP contribution in [0.25, 0.3) is 11.0 Å². The molecule has 0 fully saturated rings. The predicted octanol–water partition coefficient (Wildman–Crippen LogP) is 3.27. The number of rotatable bonds is 2. The van der Waals surface area contributed by atoms with E-state index in [1.54, 1.807) is 0 Å². The van der Waals surface area contributed by atoms with Crippen molar-refractivity contribution in [1.29, 1.82) is 0 Å². The van der Waals surface area contributed by atoms with Crippen molar-refractivity contribution in [3.63, 3.8) is 0 Å². The van der Waals surface area contributed by atoms with E-state index >= 15 is 0 Å². The number of imidazole rings is 1. The van der Waals surface area contributed by atoms with Crippen molar-refractivity contribution in [3.8, 4) is 0 Å². The standard InChI is InChI=1S/C14H11BrIN3O/c15-9-6-12-11(18-14(20)19-12)5-8(9)13(17)7-3-1-2-4-10(7)16/h1-6,13H,17H2,(H2,18,19,20). The third-order valence-corrected chi connectivity index (χ3v) is 4.88. The molecule has 1 heterocycles. The van der Waals surface area contributed by atoms with Gasteiger partial charge in [-0.1, -0.05) is 34.1 Å². The highest BCUT2D eigenvalue weighted by atomic mass is 127. The number of nitrogens with two attached hydrogens (primary N) is 1. The number of benzene rings is 2. The first-order valence-corrected chi connectivity index (χ1v) is 7.85. The van der Waals surface area contributed by atoms with Gasteiger partial charge in [-0.15, -0.1) is 0 Å². The maximum Gasteiger partial charge on any atom is 0.323 e. The highest BCUT2D eigenvalue weighted by Crippen LogP contribution is 2.31. The summed E-state index contributed by atoms with van der Waals surface area (Å²) in [6, 6.07) is 11.5. The zero-order valence-corrected chi connectivity index (χ0v) is 14.0. The van der Waals surface area contributed by atoms with E-state index in [1.807, 2.05) is 36.4 Å². The van der Waals surface area contributed by atoms with Crippen molar-refractivity contribution in [1.82, 2.24) is 9.97 Å². The van der Waals surface area contributed by atoms with Crippen molar-refractivity contribution < 1.29 is 0 Å². The number of aromatic amines is 2. The normalized spacial score (nSPS) is 12.8. The molecule has 6 heteroatoms. The van der Waals surface area contributed by atoms with Crippen LogP contribution in [-0.2, 0) is 0 Å². The Kier molecular flexibility index (Phi) is 3.70. The number of hydrogen-bond donors (Lipinski definition) is 3. The molecule has 4 N–H and O–H groups in total. The minimum atomic E-state index is -0.250. The summed E-state index contributed by atoms with van der Waals surface area (Å²) in [5.41, 5.74) is 9.69. The van der Waals surface area contributed by atoms with Crippen LogP contribution in [0.2, 0.25) is 0 Å². The fourth-order valence-electron chi connectivity index (χ4n) is 2.21. The lowest BCUT2D eigenvalue weighted by molar-refractivity contribution is 0.861. The second kappa shape index (κ2) is 5.34. The van der Waals surface area contributed by atoms with E-state index in [-0.39, 0.29) is 11.7 Å². The fraction of sp³-hybridized carbons (Fsp3) is 0.0714. The molecule has 0 saturated heterocycles. The molecule has 3 aromatic rings. The Morgan fingerprint density at radius 2 is 1.75 bits per heavy atom. The summed E-state index contributed by atoms with van der Waals surface area (Å²) in [6.45, 7) is 0. The molecule has 0 aliphatic heterocycles. The van der Waals surface area contributed by atoms with Crippen molar-refractivity contribution in [3.05, 3.63) is 66.1 Å². The summed E-state index contributed by atoms with van der Waals surface area (Å²) < 4.78 is 2.00. The van der Waals surface area contributed by atoms with Crippen LogP contribution in [0.15, 0.2) is 45.7 Å². The van der Waals surface area contributed by atoms with E-state index < -0.39 is 0 Å². The Morgan fingerprint density at radius 3 is 2.45 bits per heavy atom. The Morgan fingerprint density at radius 1 is 1.10 bits per heavy atom. The minimum absolute atomic E-state index is 0.216. The fourth-order valence-corrected chi connectivity index (χ4v) is 3.52. The van der Waals surface area contributed by atoms with Gasteiger partial charge in [0.2, 0.25) is 0 Å². The molecule has 20 heavy (non-hydrogen) atoms. The summed E-state index contributed by atoms with van der Waals surface area (Å²) >= 11 is 5.81. The predicted molar refractivity (Wildman–Crippen MR) is 91.8 cm³/mol. The van der Waals surface area contributed by atoms with Gasteiger partial charge in [-0.2, -0.15) is 0 Å². The summed E-state index contributed by atoms with van der Waals surface area (Å²) in [5.74, 6) is 0. The van der Waals surface area contributed by atoms with Gasteiger partial charge in [0.1, 0.15) is 0 Å². The zero-order valence-electron chi connectivity index (χ0n) is 10.3. The van der Waals surface area contributed by atoms with Crippen LogP contribution in [-0.4, -0.2) is 9.97 Å². The molecule has 0 bridgehead atoms. The van der Waals surface area contributed by atoms with Crippen LogP contribution in [0.4, 0.5) is 0 Å². The van der Waals surface area contributed by atoms with Gasteiger partial charge in [0.25, 0.3) is 0 Å². The van der Waals surface area contributed by atoms with Crippen LogP contribution in [0.3, 0.4) is 0 Å². The molecule has 2 aromatic carbocycles. The third kappa shape index (κ3) is 2.43. The van der Waals surface area contributed by atoms with Gasteiger partial charge in [0.05, 0.1) is 17.1 Å². The van der Waals surface area contributed by atoms with E-state index in [2.05, 4.69) is 48.5 Å². The number of aromatic nitrogens is 2. The van der Waals surface area contributed by atoms with E-state index in [1.165, 1.54) is 0 Å². The Labute approximate surface area is 137 Å². The molecule has 3 rings (SSSR count). The zero-order chi connectivity index (χ0) is 14.3. The first-order valence-electron chi connectivity index (χ1n) is 5.97. The van der Waals surface area contributed by atoms with E-state index in [9.17, 15) is 4.79 Å². The molecule has 1 atom stereocenters. The van der Waals surface area contributed by atoms with Gasteiger partial charge < -0.3 is 15.7 Å². The van der Waals surface area contributed by atoms with E-state index in [0.29, 0.717) is 0 Å². The topological polar surface area (TPSA) is 74.7 Å². The molecule has 102 valence electrons. The number of hydrogen-bond acceptors (Lipinski definition) is 2. The van der Waals surface area contributed by atoms with Crippen LogP contribution in [0, 0.1) is 3.57 Å². The molecule has 0 aliphatic rings. The Hall–Kier alpha value is -1.12. The molecule has 0 saturated carbocycles. The molecular weight excluding hydrogens is 433 g/mol. The van der Waals surface area contributed by atoms with Gasteiger partial charge in [-0.05, 0) is 51.9 Å². The number of H-pyrrole nitrogens is 2. The lowest BCUT2D eigenvalue weighted by Gasteiger charge is -2.16. The highest BCUT2D eigenvalue weighted by molar-refractivity contribution is 14.1. The van der Waals surface area contributed by atoms with Crippen LogP contribution in [0.5, 0.6) is 0 Å². The Bertz CT molecular complexity index is 840. The lowest BCUT2D eigenvalue weighted by atomic mass is 9.99. The van der Waals surface area contributed by atoms with Crippen LogP contribution < -0.4 is 11.4 Å². The first-order chi connectivity index (χ1) is 9.56. The smallest absolute Gasteiger partial charge is 0.320 e. The van der Waals surface area contributed by atoms with Gasteiger partial charge in [0, 0.05) is 8.04 Å². The monoisotopic (exact) mass is 443 g/mol. The number of fused-ring (bicyclic) bond motifs is 1. The second-order valence-electron chi connectivity index (χ2n) is 4.50. The number of halogens is 2. The lowest BCUT2D eigenvalue weighted by Crippen LogP contribution is -2.14. The van der Waals surface area contributed by atoms with Crippen molar-refractivity contribution >= 4 is 49.6 Å². The first kappa shape index (κ1) is 13.8. The average Bonchev–Trinajstić information content (AvgIpc) is 2.76.